The number of nitrogens with one attached hydrogen (secondary N) is 1. The second-order valence-corrected chi connectivity index (χ2v) is 5.54. The zero-order valence-corrected chi connectivity index (χ0v) is 11.4. The van der Waals surface area contributed by atoms with E-state index < -0.39 is 0 Å². The van der Waals surface area contributed by atoms with Crippen LogP contribution in [0.3, 0.4) is 0 Å². The molecule has 1 aromatic rings. The summed E-state index contributed by atoms with van der Waals surface area (Å²) in [5.41, 5.74) is 4.28. The Bertz CT molecular complexity index is 346. The summed E-state index contributed by atoms with van der Waals surface area (Å²) < 4.78 is 0. The van der Waals surface area contributed by atoms with Crippen molar-refractivity contribution in [1.82, 2.24) is 5.32 Å². The lowest BCUT2D eigenvalue weighted by Gasteiger charge is -2.35. The fraction of sp³-hybridized carbons (Fsp3) is 0.625. The summed E-state index contributed by atoms with van der Waals surface area (Å²) in [4.78, 5) is 0. The molecule has 1 fully saturated rings. The molecule has 1 N–H and O–H groups in total. The first kappa shape index (κ1) is 12.6. The minimum absolute atomic E-state index is 0.585. The standard InChI is InChI=1S/C16H25N/c1-4-8-17-16(14-6-5-7-14)15-10-12(2)9-13(3)11-15/h9-11,14,16-17H,4-8H2,1-3H3. The summed E-state index contributed by atoms with van der Waals surface area (Å²) in [7, 11) is 0. The molecule has 0 spiro atoms. The van der Waals surface area contributed by atoms with E-state index >= 15 is 0 Å². The van der Waals surface area contributed by atoms with Crippen LogP contribution in [0.25, 0.3) is 0 Å². The highest BCUT2D eigenvalue weighted by Gasteiger charge is 2.28. The van der Waals surface area contributed by atoms with E-state index in [4.69, 9.17) is 0 Å². The molecule has 0 aromatic heterocycles. The quantitative estimate of drug-likeness (QED) is 0.803. The Morgan fingerprint density at radius 1 is 1.18 bits per heavy atom. The molecular weight excluding hydrogens is 206 g/mol. The molecule has 1 aliphatic rings. The molecule has 2 rings (SSSR count). The molecular formula is C16H25N. The normalized spacial score (nSPS) is 17.8. The van der Waals surface area contributed by atoms with Gasteiger partial charge in [0.25, 0.3) is 0 Å². The van der Waals surface area contributed by atoms with E-state index in [0.717, 1.165) is 12.5 Å². The fourth-order valence-electron chi connectivity index (χ4n) is 2.82. The molecule has 0 saturated heterocycles. The highest BCUT2D eigenvalue weighted by atomic mass is 14.9. The molecule has 1 saturated carbocycles. The van der Waals surface area contributed by atoms with Crippen LogP contribution in [-0.2, 0) is 0 Å². The molecule has 1 aliphatic carbocycles. The van der Waals surface area contributed by atoms with E-state index in [1.165, 1.54) is 42.4 Å². The van der Waals surface area contributed by atoms with Crippen molar-refractivity contribution >= 4 is 0 Å². The van der Waals surface area contributed by atoms with Gasteiger partial charge in [0.2, 0.25) is 0 Å². The van der Waals surface area contributed by atoms with E-state index in [-0.39, 0.29) is 0 Å². The number of benzene rings is 1. The molecule has 1 nitrogen and oxygen atoms in total. The first-order valence-corrected chi connectivity index (χ1v) is 7.02. The first-order chi connectivity index (χ1) is 8.20. The Balaban J connectivity index is 2.17. The Labute approximate surface area is 106 Å². The second kappa shape index (κ2) is 5.68. The number of rotatable bonds is 5. The Morgan fingerprint density at radius 2 is 1.82 bits per heavy atom. The molecule has 0 amide bonds. The molecule has 0 radical (unpaired) electrons. The van der Waals surface area contributed by atoms with Crippen LogP contribution in [0.2, 0.25) is 0 Å². The van der Waals surface area contributed by atoms with Crippen LogP contribution in [0.15, 0.2) is 18.2 Å². The molecule has 0 bridgehead atoms. The van der Waals surface area contributed by atoms with E-state index in [1.807, 2.05) is 0 Å². The van der Waals surface area contributed by atoms with Crippen molar-refractivity contribution in [3.63, 3.8) is 0 Å². The molecule has 0 heterocycles. The second-order valence-electron chi connectivity index (χ2n) is 5.54. The molecule has 1 heteroatoms. The topological polar surface area (TPSA) is 12.0 Å². The lowest BCUT2D eigenvalue weighted by Crippen LogP contribution is -2.32. The zero-order chi connectivity index (χ0) is 12.3. The van der Waals surface area contributed by atoms with Gasteiger partial charge in [-0.1, -0.05) is 42.7 Å². The molecule has 1 unspecified atom stereocenters. The van der Waals surface area contributed by atoms with Gasteiger partial charge in [-0.15, -0.1) is 0 Å². The van der Waals surface area contributed by atoms with Crippen molar-refractivity contribution in [2.75, 3.05) is 6.54 Å². The third kappa shape index (κ3) is 3.10. The van der Waals surface area contributed by atoms with Gasteiger partial charge < -0.3 is 5.32 Å². The summed E-state index contributed by atoms with van der Waals surface area (Å²) in [6.45, 7) is 7.78. The van der Waals surface area contributed by atoms with Gasteiger partial charge in [-0.05, 0) is 51.1 Å². The number of aryl methyl sites for hydroxylation is 2. The molecule has 0 aliphatic heterocycles. The number of hydrogen-bond donors (Lipinski definition) is 1. The Kier molecular flexibility index (Phi) is 4.22. The minimum atomic E-state index is 0.585. The van der Waals surface area contributed by atoms with E-state index in [9.17, 15) is 0 Å². The predicted molar refractivity (Wildman–Crippen MR) is 74.3 cm³/mol. The summed E-state index contributed by atoms with van der Waals surface area (Å²) in [6, 6.07) is 7.57. The Morgan fingerprint density at radius 3 is 2.29 bits per heavy atom. The van der Waals surface area contributed by atoms with E-state index in [0.29, 0.717) is 6.04 Å². The van der Waals surface area contributed by atoms with Crippen molar-refractivity contribution in [3.8, 4) is 0 Å². The monoisotopic (exact) mass is 231 g/mol. The average Bonchev–Trinajstić information content (AvgIpc) is 2.19. The highest BCUT2D eigenvalue weighted by Crippen LogP contribution is 2.38. The van der Waals surface area contributed by atoms with Crippen LogP contribution in [0.5, 0.6) is 0 Å². The van der Waals surface area contributed by atoms with Gasteiger partial charge >= 0.3 is 0 Å². The summed E-state index contributed by atoms with van der Waals surface area (Å²) in [6.07, 6.45) is 5.43. The van der Waals surface area contributed by atoms with Gasteiger partial charge in [-0.25, -0.2) is 0 Å². The van der Waals surface area contributed by atoms with Crippen molar-refractivity contribution in [2.24, 2.45) is 5.92 Å². The lowest BCUT2D eigenvalue weighted by molar-refractivity contribution is 0.231. The van der Waals surface area contributed by atoms with Crippen LogP contribution >= 0.6 is 0 Å². The summed E-state index contributed by atoms with van der Waals surface area (Å²) >= 11 is 0. The highest BCUT2D eigenvalue weighted by molar-refractivity contribution is 5.31. The summed E-state index contributed by atoms with van der Waals surface area (Å²) in [5, 5.41) is 3.74. The maximum atomic E-state index is 3.74. The fourth-order valence-corrected chi connectivity index (χ4v) is 2.82. The molecule has 1 atom stereocenters. The van der Waals surface area contributed by atoms with Gasteiger partial charge in [-0.2, -0.15) is 0 Å². The summed E-state index contributed by atoms with van der Waals surface area (Å²) in [5.74, 6) is 0.864. The van der Waals surface area contributed by atoms with Gasteiger partial charge in [0.05, 0.1) is 0 Å². The molecule has 94 valence electrons. The lowest BCUT2D eigenvalue weighted by atomic mass is 9.76. The molecule has 1 aromatic carbocycles. The smallest absolute Gasteiger partial charge is 0.0348 e. The van der Waals surface area contributed by atoms with Crippen molar-refractivity contribution < 1.29 is 0 Å². The van der Waals surface area contributed by atoms with Crippen molar-refractivity contribution in [1.29, 1.82) is 0 Å². The van der Waals surface area contributed by atoms with Gasteiger partial charge in [0.1, 0.15) is 0 Å². The van der Waals surface area contributed by atoms with Crippen LogP contribution in [0.4, 0.5) is 0 Å². The third-order valence-electron chi connectivity index (χ3n) is 3.84. The first-order valence-electron chi connectivity index (χ1n) is 7.02. The minimum Gasteiger partial charge on any atom is -0.310 e. The SMILES string of the molecule is CCCNC(c1cc(C)cc(C)c1)C1CCC1. The molecule has 17 heavy (non-hydrogen) atoms. The van der Waals surface area contributed by atoms with E-state index in [2.05, 4.69) is 44.3 Å². The number of hydrogen-bond acceptors (Lipinski definition) is 1. The van der Waals surface area contributed by atoms with Crippen LogP contribution < -0.4 is 5.32 Å². The van der Waals surface area contributed by atoms with Crippen LogP contribution in [0.1, 0.15) is 55.3 Å². The van der Waals surface area contributed by atoms with Gasteiger partial charge in [-0.3, -0.25) is 0 Å². The largest absolute Gasteiger partial charge is 0.310 e. The van der Waals surface area contributed by atoms with Gasteiger partial charge in [0.15, 0.2) is 0 Å². The predicted octanol–water partition coefficient (Wildman–Crippen LogP) is 4.14. The Hall–Kier alpha value is -0.820. The maximum Gasteiger partial charge on any atom is 0.0348 e. The third-order valence-corrected chi connectivity index (χ3v) is 3.84. The van der Waals surface area contributed by atoms with Gasteiger partial charge in [0, 0.05) is 6.04 Å². The van der Waals surface area contributed by atoms with Crippen molar-refractivity contribution in [2.45, 2.75) is 52.5 Å². The maximum absolute atomic E-state index is 3.74. The van der Waals surface area contributed by atoms with Crippen molar-refractivity contribution in [3.05, 3.63) is 34.9 Å². The zero-order valence-electron chi connectivity index (χ0n) is 11.4. The van der Waals surface area contributed by atoms with E-state index in [1.54, 1.807) is 0 Å². The van der Waals surface area contributed by atoms with Crippen LogP contribution in [0, 0.1) is 19.8 Å². The average molecular weight is 231 g/mol. The van der Waals surface area contributed by atoms with Crippen LogP contribution in [-0.4, -0.2) is 6.54 Å².